The maximum atomic E-state index is 12.1. The van der Waals surface area contributed by atoms with Crippen LogP contribution in [0.4, 0.5) is 5.69 Å². The Labute approximate surface area is 126 Å². The number of carbonyl (C=O) groups is 1. The van der Waals surface area contributed by atoms with Crippen LogP contribution >= 0.6 is 0 Å². The zero-order chi connectivity index (χ0) is 15.2. The highest BCUT2D eigenvalue weighted by atomic mass is 16.2. The van der Waals surface area contributed by atoms with Crippen LogP contribution in [0.1, 0.15) is 23.1 Å². The van der Waals surface area contributed by atoms with E-state index in [4.69, 9.17) is 5.73 Å². The number of rotatable bonds is 5. The maximum Gasteiger partial charge on any atom is 0.241 e. The molecule has 0 bridgehead atoms. The summed E-state index contributed by atoms with van der Waals surface area (Å²) in [7, 11) is 0. The molecule has 3 nitrogen and oxygen atoms in total. The van der Waals surface area contributed by atoms with E-state index in [0.29, 0.717) is 6.42 Å². The van der Waals surface area contributed by atoms with E-state index < -0.39 is 6.04 Å². The third-order valence-corrected chi connectivity index (χ3v) is 3.41. The smallest absolute Gasteiger partial charge is 0.241 e. The normalized spacial score (nSPS) is 12.0. The van der Waals surface area contributed by atoms with E-state index >= 15 is 0 Å². The fourth-order valence-corrected chi connectivity index (χ4v) is 2.38. The highest BCUT2D eigenvalue weighted by Crippen LogP contribution is 2.14. The van der Waals surface area contributed by atoms with Crippen LogP contribution in [0, 0.1) is 13.8 Å². The van der Waals surface area contributed by atoms with Crippen molar-refractivity contribution in [3.05, 3.63) is 65.2 Å². The van der Waals surface area contributed by atoms with Crippen LogP contribution in [-0.2, 0) is 11.2 Å². The molecule has 0 heterocycles. The van der Waals surface area contributed by atoms with Crippen molar-refractivity contribution in [2.45, 2.75) is 32.7 Å². The molecule has 1 amide bonds. The van der Waals surface area contributed by atoms with Gasteiger partial charge in [-0.3, -0.25) is 4.79 Å². The zero-order valence-corrected chi connectivity index (χ0v) is 12.6. The summed E-state index contributed by atoms with van der Waals surface area (Å²) >= 11 is 0. The average Bonchev–Trinajstić information content (AvgIpc) is 2.44. The van der Waals surface area contributed by atoms with Crippen LogP contribution in [0.15, 0.2) is 48.5 Å². The Hall–Kier alpha value is -2.13. The Morgan fingerprint density at radius 2 is 1.71 bits per heavy atom. The molecular weight excluding hydrogens is 260 g/mol. The molecule has 0 aromatic heterocycles. The summed E-state index contributed by atoms with van der Waals surface area (Å²) in [4.78, 5) is 12.1. The fraction of sp³-hybridized carbons (Fsp3) is 0.278. The molecule has 0 aliphatic carbocycles. The lowest BCUT2D eigenvalue weighted by molar-refractivity contribution is -0.117. The summed E-state index contributed by atoms with van der Waals surface area (Å²) in [5.74, 6) is -0.129. The first-order valence-corrected chi connectivity index (χ1v) is 7.23. The van der Waals surface area contributed by atoms with E-state index in [1.807, 2.05) is 44.2 Å². The van der Waals surface area contributed by atoms with Gasteiger partial charge in [0.2, 0.25) is 5.91 Å². The van der Waals surface area contributed by atoms with Gasteiger partial charge in [-0.15, -0.1) is 0 Å². The van der Waals surface area contributed by atoms with E-state index in [1.165, 1.54) is 5.56 Å². The number of anilines is 1. The molecule has 2 aromatic rings. The number of carbonyl (C=O) groups excluding carboxylic acids is 1. The van der Waals surface area contributed by atoms with Crippen LogP contribution < -0.4 is 11.1 Å². The summed E-state index contributed by atoms with van der Waals surface area (Å²) in [5, 5.41) is 2.90. The highest BCUT2D eigenvalue weighted by Gasteiger charge is 2.13. The second-order valence-corrected chi connectivity index (χ2v) is 5.50. The fourth-order valence-electron chi connectivity index (χ4n) is 2.38. The predicted octanol–water partition coefficient (Wildman–Crippen LogP) is 3.20. The molecule has 0 radical (unpaired) electrons. The number of hydrogen-bond acceptors (Lipinski definition) is 2. The Morgan fingerprint density at radius 1 is 1.10 bits per heavy atom. The van der Waals surface area contributed by atoms with Gasteiger partial charge in [0.05, 0.1) is 6.04 Å². The second kappa shape index (κ2) is 7.04. The summed E-state index contributed by atoms with van der Waals surface area (Å²) in [6.45, 7) is 4.02. The molecule has 110 valence electrons. The summed E-state index contributed by atoms with van der Waals surface area (Å²) in [5.41, 5.74) is 10.2. The maximum absolute atomic E-state index is 12.1. The molecule has 3 heteroatoms. The van der Waals surface area contributed by atoms with E-state index in [0.717, 1.165) is 23.2 Å². The van der Waals surface area contributed by atoms with Gasteiger partial charge in [-0.25, -0.2) is 0 Å². The Bertz CT molecular complexity index is 588. The van der Waals surface area contributed by atoms with Crippen molar-refractivity contribution in [2.75, 3.05) is 5.32 Å². The first-order valence-electron chi connectivity index (χ1n) is 7.23. The Kier molecular flexibility index (Phi) is 5.12. The minimum absolute atomic E-state index is 0.129. The van der Waals surface area contributed by atoms with Crippen LogP contribution in [0.25, 0.3) is 0 Å². The van der Waals surface area contributed by atoms with E-state index in [1.54, 1.807) is 0 Å². The van der Waals surface area contributed by atoms with Crippen LogP contribution in [0.2, 0.25) is 0 Å². The van der Waals surface area contributed by atoms with Crippen molar-refractivity contribution in [1.82, 2.24) is 0 Å². The molecule has 0 saturated heterocycles. The van der Waals surface area contributed by atoms with Crippen LogP contribution in [0.3, 0.4) is 0 Å². The van der Waals surface area contributed by atoms with Gasteiger partial charge in [-0.05, 0) is 55.5 Å². The number of amides is 1. The van der Waals surface area contributed by atoms with Crippen molar-refractivity contribution < 1.29 is 4.79 Å². The molecule has 0 unspecified atom stereocenters. The number of nitrogens with two attached hydrogens (primary N) is 1. The summed E-state index contributed by atoms with van der Waals surface area (Å²) in [6, 6.07) is 15.6. The van der Waals surface area contributed by atoms with Gasteiger partial charge in [0.15, 0.2) is 0 Å². The lowest BCUT2D eigenvalue weighted by Gasteiger charge is -2.13. The van der Waals surface area contributed by atoms with Gasteiger partial charge in [-0.1, -0.05) is 36.4 Å². The summed E-state index contributed by atoms with van der Waals surface area (Å²) < 4.78 is 0. The molecule has 1 atom stereocenters. The molecule has 0 spiro atoms. The monoisotopic (exact) mass is 282 g/mol. The molecule has 3 N–H and O–H groups in total. The average molecular weight is 282 g/mol. The molecule has 2 aromatic carbocycles. The first-order chi connectivity index (χ1) is 10.0. The van der Waals surface area contributed by atoms with Gasteiger partial charge < -0.3 is 11.1 Å². The van der Waals surface area contributed by atoms with Gasteiger partial charge >= 0.3 is 0 Å². The standard InChI is InChI=1S/C18H22N2O/c1-13-10-14(2)12-16(11-13)20-18(21)17(19)9-8-15-6-4-3-5-7-15/h3-7,10-12,17H,8-9,19H2,1-2H3,(H,20,21)/t17-/m0/s1. The number of nitrogens with one attached hydrogen (secondary N) is 1. The van der Waals surface area contributed by atoms with E-state index in [9.17, 15) is 4.79 Å². The van der Waals surface area contributed by atoms with Gasteiger partial charge in [-0.2, -0.15) is 0 Å². The first kappa shape index (κ1) is 15.3. The van der Waals surface area contributed by atoms with Crippen molar-refractivity contribution >= 4 is 11.6 Å². The Morgan fingerprint density at radius 3 is 2.33 bits per heavy atom. The Balaban J connectivity index is 1.90. The second-order valence-electron chi connectivity index (χ2n) is 5.50. The van der Waals surface area contributed by atoms with Crippen LogP contribution in [0.5, 0.6) is 0 Å². The van der Waals surface area contributed by atoms with Crippen molar-refractivity contribution in [1.29, 1.82) is 0 Å². The van der Waals surface area contributed by atoms with Gasteiger partial charge in [0.25, 0.3) is 0 Å². The molecule has 0 aliphatic heterocycles. The van der Waals surface area contributed by atoms with Crippen molar-refractivity contribution in [3.63, 3.8) is 0 Å². The zero-order valence-electron chi connectivity index (χ0n) is 12.6. The van der Waals surface area contributed by atoms with Crippen molar-refractivity contribution in [3.8, 4) is 0 Å². The lowest BCUT2D eigenvalue weighted by Crippen LogP contribution is -2.36. The molecule has 0 saturated carbocycles. The molecule has 21 heavy (non-hydrogen) atoms. The highest BCUT2D eigenvalue weighted by molar-refractivity contribution is 5.94. The molecular formula is C18H22N2O. The van der Waals surface area contributed by atoms with Crippen molar-refractivity contribution in [2.24, 2.45) is 5.73 Å². The van der Waals surface area contributed by atoms with Gasteiger partial charge in [0, 0.05) is 5.69 Å². The molecule has 2 rings (SSSR count). The quantitative estimate of drug-likeness (QED) is 0.884. The molecule has 0 fully saturated rings. The topological polar surface area (TPSA) is 55.1 Å². The number of aryl methyl sites for hydroxylation is 3. The third kappa shape index (κ3) is 4.72. The van der Waals surface area contributed by atoms with E-state index in [2.05, 4.69) is 23.5 Å². The number of hydrogen-bond donors (Lipinski definition) is 2. The third-order valence-electron chi connectivity index (χ3n) is 3.41. The number of benzene rings is 2. The van der Waals surface area contributed by atoms with E-state index in [-0.39, 0.29) is 5.91 Å². The minimum atomic E-state index is -0.494. The lowest BCUT2D eigenvalue weighted by atomic mass is 10.1. The SMILES string of the molecule is Cc1cc(C)cc(NC(=O)[C@@H](N)CCc2ccccc2)c1. The molecule has 0 aliphatic rings. The predicted molar refractivity (Wildman–Crippen MR) is 87.3 cm³/mol. The van der Waals surface area contributed by atoms with Crippen LogP contribution in [-0.4, -0.2) is 11.9 Å². The largest absolute Gasteiger partial charge is 0.325 e. The summed E-state index contributed by atoms with van der Waals surface area (Å²) in [6.07, 6.45) is 1.45. The minimum Gasteiger partial charge on any atom is -0.325 e. The van der Waals surface area contributed by atoms with Gasteiger partial charge in [0.1, 0.15) is 0 Å².